The number of fused-ring (bicyclic) bond motifs is 1. The van der Waals surface area contributed by atoms with Crippen molar-refractivity contribution >= 4 is 22.9 Å². The van der Waals surface area contributed by atoms with Crippen LogP contribution in [0.1, 0.15) is 37.4 Å². The van der Waals surface area contributed by atoms with Crippen LogP contribution in [0.4, 0.5) is 0 Å². The molecular weight excluding hydrogens is 280 g/mol. The van der Waals surface area contributed by atoms with E-state index < -0.39 is 0 Å². The maximum Gasteiger partial charge on any atom is 0.160 e. The molecule has 0 bridgehead atoms. The highest BCUT2D eigenvalue weighted by Gasteiger charge is 2.25. The van der Waals surface area contributed by atoms with E-state index in [2.05, 4.69) is 32.7 Å². The molecule has 1 N–H and O–H groups in total. The summed E-state index contributed by atoms with van der Waals surface area (Å²) in [5.74, 6) is 3.11. The molecule has 4 heterocycles. The Balaban J connectivity index is 1.70. The number of nitrogens with one attached hydrogen (secondary N) is 1. The lowest BCUT2D eigenvalue weighted by molar-refractivity contribution is 0.552. The van der Waals surface area contributed by atoms with E-state index in [9.17, 15) is 0 Å². The van der Waals surface area contributed by atoms with Gasteiger partial charge in [-0.3, -0.25) is 0 Å². The van der Waals surface area contributed by atoms with E-state index >= 15 is 0 Å². The lowest BCUT2D eigenvalue weighted by atomic mass is 10.1. The SMILES string of the molecule is c1cnc2c(c1)nc(C1CCNC1)n2CC1CCCCS1. The summed E-state index contributed by atoms with van der Waals surface area (Å²) in [6.45, 7) is 3.24. The third-order valence-electron chi connectivity index (χ3n) is 4.62. The zero-order valence-electron chi connectivity index (χ0n) is 12.3. The van der Waals surface area contributed by atoms with E-state index in [-0.39, 0.29) is 0 Å². The average Bonchev–Trinajstić information content (AvgIpc) is 3.16. The second-order valence-electron chi connectivity index (χ2n) is 6.11. The van der Waals surface area contributed by atoms with Crippen molar-refractivity contribution < 1.29 is 0 Å². The van der Waals surface area contributed by atoms with Gasteiger partial charge in [0.05, 0.1) is 0 Å². The lowest BCUT2D eigenvalue weighted by Gasteiger charge is -2.23. The van der Waals surface area contributed by atoms with Crippen LogP contribution in [0.3, 0.4) is 0 Å². The molecule has 0 saturated carbocycles. The molecule has 2 fully saturated rings. The van der Waals surface area contributed by atoms with Gasteiger partial charge < -0.3 is 9.88 Å². The van der Waals surface area contributed by atoms with Gasteiger partial charge in [0.15, 0.2) is 5.65 Å². The van der Waals surface area contributed by atoms with Gasteiger partial charge >= 0.3 is 0 Å². The van der Waals surface area contributed by atoms with Crippen LogP contribution in [0.5, 0.6) is 0 Å². The number of aromatic nitrogens is 3. The minimum Gasteiger partial charge on any atom is -0.316 e. The Morgan fingerprint density at radius 3 is 3.14 bits per heavy atom. The van der Waals surface area contributed by atoms with Gasteiger partial charge in [-0.1, -0.05) is 6.42 Å². The highest BCUT2D eigenvalue weighted by atomic mass is 32.2. The molecule has 0 radical (unpaired) electrons. The van der Waals surface area contributed by atoms with Crippen molar-refractivity contribution in [3.63, 3.8) is 0 Å². The summed E-state index contributed by atoms with van der Waals surface area (Å²) in [5.41, 5.74) is 2.13. The normalized spacial score (nSPS) is 26.5. The third kappa shape index (κ3) is 2.69. The van der Waals surface area contributed by atoms with Crippen molar-refractivity contribution in [2.24, 2.45) is 0 Å². The smallest absolute Gasteiger partial charge is 0.160 e. The van der Waals surface area contributed by atoms with Gasteiger partial charge in [-0.15, -0.1) is 0 Å². The fourth-order valence-corrected chi connectivity index (χ4v) is 4.79. The van der Waals surface area contributed by atoms with E-state index in [0.29, 0.717) is 5.92 Å². The predicted octanol–water partition coefficient (Wildman–Crippen LogP) is 2.79. The zero-order valence-corrected chi connectivity index (χ0v) is 13.1. The van der Waals surface area contributed by atoms with Gasteiger partial charge in [0, 0.05) is 30.5 Å². The predicted molar refractivity (Wildman–Crippen MR) is 87.9 cm³/mol. The summed E-state index contributed by atoms with van der Waals surface area (Å²) in [6.07, 6.45) is 7.17. The van der Waals surface area contributed by atoms with Crippen molar-refractivity contribution in [2.45, 2.75) is 43.4 Å². The summed E-state index contributed by atoms with van der Waals surface area (Å²) in [6, 6.07) is 4.09. The Labute approximate surface area is 129 Å². The summed E-state index contributed by atoms with van der Waals surface area (Å²) < 4.78 is 2.41. The lowest BCUT2D eigenvalue weighted by Crippen LogP contribution is -2.20. The number of rotatable bonds is 3. The summed E-state index contributed by atoms with van der Waals surface area (Å²) in [4.78, 5) is 9.52. The van der Waals surface area contributed by atoms with E-state index in [0.717, 1.165) is 36.0 Å². The fraction of sp³-hybridized carbons (Fsp3) is 0.625. The Kier molecular flexibility index (Phi) is 3.86. The van der Waals surface area contributed by atoms with Crippen LogP contribution in [0, 0.1) is 0 Å². The van der Waals surface area contributed by atoms with E-state index in [1.54, 1.807) is 0 Å². The number of hydrogen-bond acceptors (Lipinski definition) is 4. The molecule has 5 heteroatoms. The van der Waals surface area contributed by atoms with Crippen molar-refractivity contribution in [1.82, 2.24) is 19.9 Å². The molecule has 2 unspecified atom stereocenters. The first-order valence-electron chi connectivity index (χ1n) is 8.05. The largest absolute Gasteiger partial charge is 0.316 e. The average molecular weight is 302 g/mol. The minimum absolute atomic E-state index is 0.549. The first-order chi connectivity index (χ1) is 10.4. The molecule has 0 spiro atoms. The number of imidazole rings is 1. The molecule has 2 aliphatic heterocycles. The first kappa shape index (κ1) is 13.6. The molecule has 2 aromatic rings. The van der Waals surface area contributed by atoms with Crippen LogP contribution >= 0.6 is 11.8 Å². The van der Waals surface area contributed by atoms with Crippen LogP contribution in [-0.4, -0.2) is 38.6 Å². The Morgan fingerprint density at radius 2 is 2.33 bits per heavy atom. The third-order valence-corrected chi connectivity index (χ3v) is 6.00. The number of nitrogens with zero attached hydrogens (tertiary/aromatic N) is 3. The quantitative estimate of drug-likeness (QED) is 0.947. The van der Waals surface area contributed by atoms with Gasteiger partial charge in [0.25, 0.3) is 0 Å². The van der Waals surface area contributed by atoms with Crippen LogP contribution in [0.2, 0.25) is 0 Å². The monoisotopic (exact) mass is 302 g/mol. The molecule has 0 amide bonds. The number of pyridine rings is 1. The second kappa shape index (κ2) is 5.97. The molecule has 4 nitrogen and oxygen atoms in total. The summed E-state index contributed by atoms with van der Waals surface area (Å²) >= 11 is 2.13. The van der Waals surface area contributed by atoms with Crippen molar-refractivity contribution in [1.29, 1.82) is 0 Å². The van der Waals surface area contributed by atoms with Crippen LogP contribution < -0.4 is 5.32 Å². The second-order valence-corrected chi connectivity index (χ2v) is 7.51. The van der Waals surface area contributed by atoms with Crippen LogP contribution in [-0.2, 0) is 6.54 Å². The molecule has 4 rings (SSSR count). The molecule has 2 saturated heterocycles. The van der Waals surface area contributed by atoms with Crippen LogP contribution in [0.25, 0.3) is 11.2 Å². The minimum atomic E-state index is 0.549. The van der Waals surface area contributed by atoms with Crippen molar-refractivity contribution in [3.8, 4) is 0 Å². The van der Waals surface area contributed by atoms with E-state index in [1.165, 1.54) is 37.3 Å². The van der Waals surface area contributed by atoms with Crippen molar-refractivity contribution in [2.75, 3.05) is 18.8 Å². The number of thioether (sulfide) groups is 1. The maximum absolute atomic E-state index is 4.91. The Hall–Kier alpha value is -1.07. The standard InChI is InChI=1S/C16H22N4S/c1-2-9-21-13(4-1)11-20-15(12-6-8-17-10-12)19-14-5-3-7-18-16(14)20/h3,5,7,12-13,17H,1-2,4,6,8-11H2. The summed E-state index contributed by atoms with van der Waals surface area (Å²) in [7, 11) is 0. The topological polar surface area (TPSA) is 42.7 Å². The van der Waals surface area contributed by atoms with Gasteiger partial charge in [0.2, 0.25) is 0 Å². The highest BCUT2D eigenvalue weighted by molar-refractivity contribution is 7.99. The van der Waals surface area contributed by atoms with Gasteiger partial charge in [-0.2, -0.15) is 11.8 Å². The Bertz CT molecular complexity index is 612. The molecule has 112 valence electrons. The Morgan fingerprint density at radius 1 is 1.33 bits per heavy atom. The summed E-state index contributed by atoms with van der Waals surface area (Å²) in [5, 5.41) is 4.20. The fourth-order valence-electron chi connectivity index (χ4n) is 3.50. The maximum atomic E-state index is 4.91. The van der Waals surface area contributed by atoms with E-state index in [4.69, 9.17) is 4.98 Å². The van der Waals surface area contributed by atoms with Gasteiger partial charge in [0.1, 0.15) is 11.3 Å². The highest BCUT2D eigenvalue weighted by Crippen LogP contribution is 2.30. The first-order valence-corrected chi connectivity index (χ1v) is 9.10. The number of hydrogen-bond donors (Lipinski definition) is 1. The van der Waals surface area contributed by atoms with Crippen molar-refractivity contribution in [3.05, 3.63) is 24.2 Å². The molecule has 2 aromatic heterocycles. The molecule has 2 aliphatic rings. The van der Waals surface area contributed by atoms with E-state index in [1.807, 2.05) is 12.3 Å². The van der Waals surface area contributed by atoms with Gasteiger partial charge in [-0.05, 0) is 43.7 Å². The van der Waals surface area contributed by atoms with Crippen LogP contribution in [0.15, 0.2) is 18.3 Å². The molecular formula is C16H22N4S. The van der Waals surface area contributed by atoms with Gasteiger partial charge in [-0.25, -0.2) is 9.97 Å². The molecule has 0 aromatic carbocycles. The molecule has 2 atom stereocenters. The zero-order chi connectivity index (χ0) is 14.1. The molecule has 0 aliphatic carbocycles. The molecule has 21 heavy (non-hydrogen) atoms.